The van der Waals surface area contributed by atoms with Crippen LogP contribution in [-0.4, -0.2) is 57.6 Å². The zero-order valence-electron chi connectivity index (χ0n) is 20.0. The van der Waals surface area contributed by atoms with Crippen LogP contribution in [0.25, 0.3) is 0 Å². The molecule has 0 saturated carbocycles. The van der Waals surface area contributed by atoms with Crippen molar-refractivity contribution in [2.75, 3.05) is 30.8 Å². The number of benzene rings is 2. The number of para-hydroxylation sites is 2. The summed E-state index contributed by atoms with van der Waals surface area (Å²) in [7, 11) is -2.39. The number of hydrogen-bond acceptors (Lipinski definition) is 5. The second kappa shape index (κ2) is 12.8. The van der Waals surface area contributed by atoms with E-state index in [9.17, 15) is 18.0 Å². The maximum absolute atomic E-state index is 13.5. The van der Waals surface area contributed by atoms with Crippen molar-refractivity contribution >= 4 is 43.5 Å². The highest BCUT2D eigenvalue weighted by molar-refractivity contribution is 9.10. The van der Waals surface area contributed by atoms with Crippen molar-refractivity contribution in [1.29, 1.82) is 0 Å². The molecule has 1 N–H and O–H groups in total. The number of carbonyl (C=O) groups is 2. The van der Waals surface area contributed by atoms with Crippen LogP contribution in [0.1, 0.15) is 32.3 Å². The van der Waals surface area contributed by atoms with Gasteiger partial charge in [-0.25, -0.2) is 8.42 Å². The number of rotatable bonds is 12. The van der Waals surface area contributed by atoms with Gasteiger partial charge in [-0.15, -0.1) is 0 Å². The third-order valence-corrected chi connectivity index (χ3v) is 6.95. The second-order valence-corrected chi connectivity index (χ2v) is 10.7. The first-order chi connectivity index (χ1) is 16.1. The molecule has 0 spiro atoms. The molecule has 0 aliphatic rings. The summed E-state index contributed by atoms with van der Waals surface area (Å²) in [5, 5.41) is 2.85. The number of amides is 2. The maximum atomic E-state index is 13.5. The predicted molar refractivity (Wildman–Crippen MR) is 137 cm³/mol. The van der Waals surface area contributed by atoms with Crippen LogP contribution in [0.2, 0.25) is 0 Å². The molecule has 1 atom stereocenters. The van der Waals surface area contributed by atoms with Crippen LogP contribution in [0, 0.1) is 0 Å². The number of nitrogens with zero attached hydrogens (tertiary/aromatic N) is 2. The molecule has 34 heavy (non-hydrogen) atoms. The van der Waals surface area contributed by atoms with Crippen molar-refractivity contribution < 1.29 is 22.7 Å². The Labute approximate surface area is 210 Å². The van der Waals surface area contributed by atoms with Crippen molar-refractivity contribution in [3.05, 3.63) is 58.6 Å². The first-order valence-electron chi connectivity index (χ1n) is 11.0. The molecule has 0 saturated heterocycles. The van der Waals surface area contributed by atoms with Crippen LogP contribution in [-0.2, 0) is 26.2 Å². The van der Waals surface area contributed by atoms with Crippen molar-refractivity contribution in [2.45, 2.75) is 39.3 Å². The van der Waals surface area contributed by atoms with Crippen LogP contribution in [0.15, 0.2) is 53.0 Å². The lowest BCUT2D eigenvalue weighted by atomic mass is 10.1. The highest BCUT2D eigenvalue weighted by Gasteiger charge is 2.31. The van der Waals surface area contributed by atoms with Crippen LogP contribution in [0.3, 0.4) is 0 Å². The van der Waals surface area contributed by atoms with E-state index in [4.69, 9.17) is 4.74 Å². The fraction of sp³-hybridized carbons (Fsp3) is 0.417. The van der Waals surface area contributed by atoms with Gasteiger partial charge in [0.05, 0.1) is 19.1 Å². The molecule has 2 rings (SSSR count). The van der Waals surface area contributed by atoms with Gasteiger partial charge < -0.3 is 15.0 Å². The molecule has 0 unspecified atom stereocenters. The smallest absolute Gasteiger partial charge is 0.244 e. The molecule has 2 aromatic rings. The van der Waals surface area contributed by atoms with Crippen molar-refractivity contribution in [3.63, 3.8) is 0 Å². The monoisotopic (exact) mass is 553 g/mol. The Kier molecular flexibility index (Phi) is 10.4. The third-order valence-electron chi connectivity index (χ3n) is 5.30. The molecule has 0 radical (unpaired) electrons. The van der Waals surface area contributed by atoms with Gasteiger partial charge in [0, 0.05) is 17.6 Å². The number of nitrogens with one attached hydrogen (secondary N) is 1. The molecule has 0 aliphatic heterocycles. The summed E-state index contributed by atoms with van der Waals surface area (Å²) < 4.78 is 32.5. The summed E-state index contributed by atoms with van der Waals surface area (Å²) in [6, 6.07) is 13.2. The lowest BCUT2D eigenvalue weighted by molar-refractivity contribution is -0.139. The molecular weight excluding hydrogens is 522 g/mol. The summed E-state index contributed by atoms with van der Waals surface area (Å²) in [6.07, 6.45) is 2.79. The van der Waals surface area contributed by atoms with Crippen LogP contribution in [0.4, 0.5) is 5.69 Å². The van der Waals surface area contributed by atoms with E-state index in [2.05, 4.69) is 21.2 Å². The summed E-state index contributed by atoms with van der Waals surface area (Å²) in [5.74, 6) is -0.468. The first-order valence-corrected chi connectivity index (χ1v) is 13.6. The van der Waals surface area contributed by atoms with E-state index in [-0.39, 0.29) is 18.1 Å². The quantitative estimate of drug-likeness (QED) is 0.405. The molecular formula is C24H32BrN3O5S. The Morgan fingerprint density at radius 1 is 1.12 bits per heavy atom. The molecule has 0 bridgehead atoms. The minimum Gasteiger partial charge on any atom is -0.495 e. The van der Waals surface area contributed by atoms with Gasteiger partial charge in [0.25, 0.3) is 0 Å². The largest absolute Gasteiger partial charge is 0.495 e. The highest BCUT2D eigenvalue weighted by atomic mass is 79.9. The number of unbranched alkanes of at least 4 members (excludes halogenated alkanes) is 1. The molecule has 2 amide bonds. The molecule has 10 heteroatoms. The van der Waals surface area contributed by atoms with E-state index in [1.807, 2.05) is 31.2 Å². The molecule has 8 nitrogen and oxygen atoms in total. The van der Waals surface area contributed by atoms with Gasteiger partial charge in [-0.2, -0.15) is 0 Å². The highest BCUT2D eigenvalue weighted by Crippen LogP contribution is 2.29. The summed E-state index contributed by atoms with van der Waals surface area (Å²) in [6.45, 7) is 3.86. The number of halogens is 1. The van der Waals surface area contributed by atoms with E-state index in [0.717, 1.165) is 33.4 Å². The van der Waals surface area contributed by atoms with Gasteiger partial charge in [-0.1, -0.05) is 53.5 Å². The summed E-state index contributed by atoms with van der Waals surface area (Å²) in [4.78, 5) is 27.7. The average molecular weight is 555 g/mol. The number of carbonyl (C=O) groups excluding carboxylic acids is 2. The normalized spacial score (nSPS) is 12.0. The standard InChI is InChI=1S/C24H32BrN3O5S/c1-5-6-15-26-24(30)18(2)27(16-19-11-13-20(25)14-12-19)23(29)17-28(34(4,31)32)21-9-7-8-10-22(21)33-3/h7-14,18H,5-6,15-17H2,1-4H3,(H,26,30)/t18-/m1/s1. The van der Waals surface area contributed by atoms with Gasteiger partial charge in [-0.05, 0) is 43.2 Å². The molecule has 0 aromatic heterocycles. The summed E-state index contributed by atoms with van der Waals surface area (Å²) in [5.41, 5.74) is 1.07. The SMILES string of the molecule is CCCCNC(=O)[C@@H](C)N(Cc1ccc(Br)cc1)C(=O)CN(c1ccccc1OC)S(C)(=O)=O. The first kappa shape index (κ1) is 27.7. The van der Waals surface area contributed by atoms with Crippen LogP contribution in [0.5, 0.6) is 5.75 Å². The summed E-state index contributed by atoms with van der Waals surface area (Å²) >= 11 is 3.39. The second-order valence-electron chi connectivity index (χ2n) is 7.91. The lowest BCUT2D eigenvalue weighted by Gasteiger charge is -2.31. The van der Waals surface area contributed by atoms with Crippen LogP contribution >= 0.6 is 15.9 Å². The topological polar surface area (TPSA) is 96.0 Å². The molecule has 0 aliphatic carbocycles. The van der Waals surface area contributed by atoms with Gasteiger partial charge >= 0.3 is 0 Å². The number of sulfonamides is 1. The Hall–Kier alpha value is -2.59. The van der Waals surface area contributed by atoms with E-state index < -0.39 is 28.5 Å². The van der Waals surface area contributed by atoms with Crippen molar-refractivity contribution in [3.8, 4) is 5.75 Å². The van der Waals surface area contributed by atoms with Crippen molar-refractivity contribution in [2.24, 2.45) is 0 Å². The van der Waals surface area contributed by atoms with E-state index in [1.165, 1.54) is 12.0 Å². The fourth-order valence-corrected chi connectivity index (χ4v) is 4.45. The fourth-order valence-electron chi connectivity index (χ4n) is 3.34. The number of anilines is 1. The maximum Gasteiger partial charge on any atom is 0.244 e. The van der Waals surface area contributed by atoms with E-state index in [0.29, 0.717) is 12.3 Å². The number of ether oxygens (including phenoxy) is 1. The molecule has 2 aromatic carbocycles. The zero-order valence-corrected chi connectivity index (χ0v) is 22.4. The zero-order chi connectivity index (χ0) is 25.3. The molecule has 0 heterocycles. The number of hydrogen-bond donors (Lipinski definition) is 1. The van der Waals surface area contributed by atoms with E-state index in [1.54, 1.807) is 31.2 Å². The Morgan fingerprint density at radius 2 is 1.76 bits per heavy atom. The third kappa shape index (κ3) is 7.73. The Bertz CT molecular complexity index is 1080. The minimum absolute atomic E-state index is 0.151. The van der Waals surface area contributed by atoms with Gasteiger partial charge in [0.1, 0.15) is 18.3 Å². The van der Waals surface area contributed by atoms with Gasteiger partial charge in [-0.3, -0.25) is 13.9 Å². The van der Waals surface area contributed by atoms with Crippen molar-refractivity contribution in [1.82, 2.24) is 10.2 Å². The lowest BCUT2D eigenvalue weighted by Crippen LogP contribution is -2.51. The molecule has 0 fully saturated rings. The van der Waals surface area contributed by atoms with Crippen LogP contribution < -0.4 is 14.4 Å². The van der Waals surface area contributed by atoms with Gasteiger partial charge in [0.2, 0.25) is 21.8 Å². The molecule has 186 valence electrons. The Balaban J connectivity index is 2.37. The minimum atomic E-state index is -3.82. The van der Waals surface area contributed by atoms with Gasteiger partial charge in [0.15, 0.2) is 0 Å². The van der Waals surface area contributed by atoms with E-state index >= 15 is 0 Å². The average Bonchev–Trinajstić information content (AvgIpc) is 2.81. The Morgan fingerprint density at radius 3 is 2.35 bits per heavy atom. The number of methoxy groups -OCH3 is 1. The predicted octanol–water partition coefficient (Wildman–Crippen LogP) is 3.56.